The van der Waals surface area contributed by atoms with Gasteiger partial charge in [-0.15, -0.1) is 0 Å². The van der Waals surface area contributed by atoms with Crippen LogP contribution in [0.4, 0.5) is 0 Å². The molecule has 122 valence electrons. The average Bonchev–Trinajstić information content (AvgIpc) is 2.97. The predicted molar refractivity (Wildman–Crippen MR) is 84.5 cm³/mol. The highest BCUT2D eigenvalue weighted by Gasteiger charge is 2.32. The number of nitrogens with one attached hydrogen (secondary N) is 1. The lowest BCUT2D eigenvalue weighted by Gasteiger charge is -2.13. The fraction of sp³-hybridized carbons (Fsp3) is 0.250. The number of hydrogen-bond donors (Lipinski definition) is 1. The molecule has 1 aliphatic rings. The molecular weight excluding hydrogens is 318 g/mol. The molecule has 0 saturated heterocycles. The summed E-state index contributed by atoms with van der Waals surface area (Å²) >= 11 is 0. The van der Waals surface area contributed by atoms with Crippen molar-refractivity contribution in [3.8, 4) is 17.2 Å². The molecule has 2 aromatic rings. The van der Waals surface area contributed by atoms with Gasteiger partial charge in [-0.25, -0.2) is 13.1 Å². The van der Waals surface area contributed by atoms with E-state index >= 15 is 0 Å². The minimum absolute atomic E-state index is 0.199. The molecule has 23 heavy (non-hydrogen) atoms. The molecule has 1 aliphatic heterocycles. The van der Waals surface area contributed by atoms with Crippen LogP contribution in [0.5, 0.6) is 17.2 Å². The molecule has 0 saturated carbocycles. The maximum atomic E-state index is 12.5. The first kappa shape index (κ1) is 15.6. The Morgan fingerprint density at radius 1 is 1.09 bits per heavy atom. The van der Waals surface area contributed by atoms with Crippen molar-refractivity contribution in [1.29, 1.82) is 0 Å². The van der Waals surface area contributed by atoms with Crippen molar-refractivity contribution >= 4 is 10.0 Å². The van der Waals surface area contributed by atoms with Crippen LogP contribution in [0.3, 0.4) is 0 Å². The molecule has 0 spiro atoms. The minimum atomic E-state index is -3.62. The molecule has 1 N–H and O–H groups in total. The second-order valence-corrected chi connectivity index (χ2v) is 6.73. The summed E-state index contributed by atoms with van der Waals surface area (Å²) in [6.45, 7) is 0.199. The predicted octanol–water partition coefficient (Wildman–Crippen LogP) is 2.12. The second-order valence-electron chi connectivity index (χ2n) is 5.02. The number of benzene rings is 2. The maximum absolute atomic E-state index is 12.5. The molecule has 0 radical (unpaired) electrons. The molecule has 1 unspecified atom stereocenters. The second kappa shape index (κ2) is 6.10. The average molecular weight is 335 g/mol. The SMILES string of the molecule is COc1ccc2c(c1OC)OCC2NS(=O)(=O)c1ccccc1. The van der Waals surface area contributed by atoms with Crippen LogP contribution in [0.15, 0.2) is 47.4 Å². The molecule has 6 nitrogen and oxygen atoms in total. The normalized spacial score (nSPS) is 16.5. The van der Waals surface area contributed by atoms with Gasteiger partial charge in [0.25, 0.3) is 0 Å². The lowest BCUT2D eigenvalue weighted by molar-refractivity contribution is 0.295. The Kier molecular flexibility index (Phi) is 4.14. The Labute approximate surface area is 135 Å². The Morgan fingerprint density at radius 3 is 2.48 bits per heavy atom. The van der Waals surface area contributed by atoms with Crippen LogP contribution in [-0.2, 0) is 10.0 Å². The van der Waals surface area contributed by atoms with Crippen LogP contribution in [0.1, 0.15) is 11.6 Å². The third-order valence-electron chi connectivity index (χ3n) is 3.65. The first-order valence-electron chi connectivity index (χ1n) is 7.02. The van der Waals surface area contributed by atoms with Crippen molar-refractivity contribution in [2.24, 2.45) is 0 Å². The number of fused-ring (bicyclic) bond motifs is 1. The zero-order valence-corrected chi connectivity index (χ0v) is 13.6. The summed E-state index contributed by atoms with van der Waals surface area (Å²) in [6, 6.07) is 11.3. The Bertz CT molecular complexity index is 805. The third kappa shape index (κ3) is 2.85. The van der Waals surface area contributed by atoms with Crippen LogP contribution >= 0.6 is 0 Å². The van der Waals surface area contributed by atoms with Gasteiger partial charge in [0.1, 0.15) is 6.61 Å². The number of hydrogen-bond acceptors (Lipinski definition) is 5. The van der Waals surface area contributed by atoms with Crippen LogP contribution in [0.2, 0.25) is 0 Å². The van der Waals surface area contributed by atoms with E-state index in [2.05, 4.69) is 4.72 Å². The largest absolute Gasteiger partial charge is 0.493 e. The van der Waals surface area contributed by atoms with E-state index in [9.17, 15) is 8.42 Å². The van der Waals surface area contributed by atoms with Crippen molar-refractivity contribution in [1.82, 2.24) is 4.72 Å². The van der Waals surface area contributed by atoms with Gasteiger partial charge in [-0.2, -0.15) is 0 Å². The molecule has 0 aromatic heterocycles. The minimum Gasteiger partial charge on any atom is -0.493 e. The van der Waals surface area contributed by atoms with Gasteiger partial charge in [0.15, 0.2) is 11.5 Å². The van der Waals surface area contributed by atoms with Crippen LogP contribution in [-0.4, -0.2) is 29.2 Å². The van der Waals surface area contributed by atoms with Crippen LogP contribution in [0.25, 0.3) is 0 Å². The van der Waals surface area contributed by atoms with Crippen molar-refractivity contribution in [2.45, 2.75) is 10.9 Å². The highest BCUT2D eigenvalue weighted by molar-refractivity contribution is 7.89. The van der Waals surface area contributed by atoms with Gasteiger partial charge in [0.2, 0.25) is 15.8 Å². The zero-order chi connectivity index (χ0) is 16.4. The quantitative estimate of drug-likeness (QED) is 0.906. The lowest BCUT2D eigenvalue weighted by atomic mass is 10.1. The summed E-state index contributed by atoms with van der Waals surface area (Å²) in [5.41, 5.74) is 0.724. The van der Waals surface area contributed by atoms with E-state index in [4.69, 9.17) is 14.2 Å². The number of ether oxygens (including phenoxy) is 3. The monoisotopic (exact) mass is 335 g/mol. The molecule has 1 heterocycles. The Balaban J connectivity index is 1.92. The number of sulfonamides is 1. The van der Waals surface area contributed by atoms with Crippen molar-refractivity contribution in [3.63, 3.8) is 0 Å². The molecule has 7 heteroatoms. The van der Waals surface area contributed by atoms with Gasteiger partial charge >= 0.3 is 0 Å². The number of rotatable bonds is 5. The first-order chi connectivity index (χ1) is 11.1. The molecule has 1 atom stereocenters. The molecule has 3 rings (SSSR count). The van der Waals surface area contributed by atoms with Crippen molar-refractivity contribution in [3.05, 3.63) is 48.0 Å². The molecule has 2 aromatic carbocycles. The van der Waals surface area contributed by atoms with Gasteiger partial charge in [0, 0.05) is 5.56 Å². The molecule has 0 amide bonds. The fourth-order valence-corrected chi connectivity index (χ4v) is 3.77. The summed E-state index contributed by atoms with van der Waals surface area (Å²) in [7, 11) is -0.570. The lowest BCUT2D eigenvalue weighted by Crippen LogP contribution is -2.29. The van der Waals surface area contributed by atoms with Gasteiger partial charge < -0.3 is 14.2 Å². The third-order valence-corrected chi connectivity index (χ3v) is 5.14. The molecular formula is C16H17NO5S. The van der Waals surface area contributed by atoms with E-state index in [1.807, 2.05) is 0 Å². The zero-order valence-electron chi connectivity index (χ0n) is 12.8. The standard InChI is InChI=1S/C16H17NO5S/c1-20-14-9-8-12-13(10-22-15(12)16(14)21-2)17-23(18,19)11-6-4-3-5-7-11/h3-9,13,17H,10H2,1-2H3. The molecule has 0 aliphatic carbocycles. The highest BCUT2D eigenvalue weighted by Crippen LogP contribution is 2.46. The Morgan fingerprint density at radius 2 is 1.83 bits per heavy atom. The summed E-state index contributed by atoms with van der Waals surface area (Å²) < 4.78 is 43.7. The summed E-state index contributed by atoms with van der Waals surface area (Å²) in [4.78, 5) is 0.217. The smallest absolute Gasteiger partial charge is 0.241 e. The first-order valence-corrected chi connectivity index (χ1v) is 8.50. The van der Waals surface area contributed by atoms with Crippen molar-refractivity contribution < 1.29 is 22.6 Å². The summed E-state index contributed by atoms with van der Waals surface area (Å²) in [5, 5.41) is 0. The topological polar surface area (TPSA) is 73.9 Å². The van der Waals surface area contributed by atoms with Crippen molar-refractivity contribution in [2.75, 3.05) is 20.8 Å². The van der Waals surface area contributed by atoms with E-state index in [-0.39, 0.29) is 11.5 Å². The molecule has 0 fully saturated rings. The summed E-state index contributed by atoms with van der Waals surface area (Å²) in [5.74, 6) is 1.51. The van der Waals surface area contributed by atoms with E-state index in [1.54, 1.807) is 42.5 Å². The van der Waals surface area contributed by atoms with E-state index in [1.165, 1.54) is 14.2 Å². The van der Waals surface area contributed by atoms with Gasteiger partial charge in [-0.05, 0) is 24.3 Å². The molecule has 0 bridgehead atoms. The highest BCUT2D eigenvalue weighted by atomic mass is 32.2. The van der Waals surface area contributed by atoms with E-state index in [0.717, 1.165) is 5.56 Å². The van der Waals surface area contributed by atoms with E-state index < -0.39 is 16.1 Å². The van der Waals surface area contributed by atoms with Crippen LogP contribution < -0.4 is 18.9 Å². The number of methoxy groups -OCH3 is 2. The maximum Gasteiger partial charge on any atom is 0.241 e. The summed E-state index contributed by atoms with van der Waals surface area (Å²) in [6.07, 6.45) is 0. The van der Waals surface area contributed by atoms with Gasteiger partial charge in [-0.3, -0.25) is 0 Å². The van der Waals surface area contributed by atoms with Crippen LogP contribution in [0, 0.1) is 0 Å². The van der Waals surface area contributed by atoms with Gasteiger partial charge in [-0.1, -0.05) is 18.2 Å². The van der Waals surface area contributed by atoms with E-state index in [0.29, 0.717) is 17.2 Å². The fourth-order valence-electron chi connectivity index (χ4n) is 2.55. The Hall–Kier alpha value is -2.25. The van der Waals surface area contributed by atoms with Gasteiger partial charge in [0.05, 0.1) is 25.2 Å².